The molecular weight excluding hydrogens is 242 g/mol. The number of carboxylic acids is 1. The first-order chi connectivity index (χ1) is 9.08. The van der Waals surface area contributed by atoms with Crippen molar-refractivity contribution in [2.75, 3.05) is 5.32 Å². The normalized spacial score (nSPS) is 23.7. The largest absolute Gasteiger partial charge is 0.478 e. The van der Waals surface area contributed by atoms with Crippen LogP contribution in [0.4, 0.5) is 5.69 Å². The van der Waals surface area contributed by atoms with Gasteiger partial charge in [-0.1, -0.05) is 19.3 Å². The van der Waals surface area contributed by atoms with Crippen molar-refractivity contribution >= 4 is 11.7 Å². The molecule has 2 atom stereocenters. The van der Waals surface area contributed by atoms with Crippen LogP contribution >= 0.6 is 0 Å². The van der Waals surface area contributed by atoms with Crippen LogP contribution < -0.4 is 5.32 Å². The van der Waals surface area contributed by atoms with Crippen LogP contribution in [0.2, 0.25) is 0 Å². The quantitative estimate of drug-likeness (QED) is 0.733. The molecule has 1 aliphatic rings. The number of hydrogen-bond acceptors (Lipinski definition) is 3. The van der Waals surface area contributed by atoms with Crippen molar-refractivity contribution in [1.82, 2.24) is 0 Å². The van der Waals surface area contributed by atoms with Crippen molar-refractivity contribution < 1.29 is 15.0 Å². The molecule has 0 radical (unpaired) electrons. The lowest BCUT2D eigenvalue weighted by Crippen LogP contribution is -2.32. The molecule has 1 saturated carbocycles. The molecule has 1 aromatic carbocycles. The molecule has 2 unspecified atom stereocenters. The van der Waals surface area contributed by atoms with E-state index >= 15 is 0 Å². The van der Waals surface area contributed by atoms with Gasteiger partial charge in [-0.2, -0.15) is 0 Å². The van der Waals surface area contributed by atoms with E-state index in [0.29, 0.717) is 5.56 Å². The van der Waals surface area contributed by atoms with Crippen LogP contribution in [0.1, 0.15) is 48.0 Å². The first-order valence-corrected chi connectivity index (χ1v) is 6.86. The molecule has 0 amide bonds. The van der Waals surface area contributed by atoms with Gasteiger partial charge in [-0.3, -0.25) is 0 Å². The van der Waals surface area contributed by atoms with Gasteiger partial charge in [0.25, 0.3) is 0 Å². The number of hydrogen-bond donors (Lipinski definition) is 3. The van der Waals surface area contributed by atoms with Gasteiger partial charge >= 0.3 is 5.97 Å². The van der Waals surface area contributed by atoms with Crippen LogP contribution in [-0.4, -0.2) is 28.3 Å². The number of carboxylic acid groups (broad SMARTS) is 1. The lowest BCUT2D eigenvalue weighted by atomic mass is 10.0. The summed E-state index contributed by atoms with van der Waals surface area (Å²) in [5.74, 6) is -0.904. The Kier molecular flexibility index (Phi) is 4.43. The van der Waals surface area contributed by atoms with Crippen molar-refractivity contribution in [2.24, 2.45) is 0 Å². The molecule has 1 aromatic rings. The number of aromatic carboxylic acids is 1. The maximum Gasteiger partial charge on any atom is 0.335 e. The number of anilines is 1. The smallest absolute Gasteiger partial charge is 0.335 e. The van der Waals surface area contributed by atoms with Gasteiger partial charge in [0.05, 0.1) is 17.7 Å². The fourth-order valence-electron chi connectivity index (χ4n) is 2.66. The third kappa shape index (κ3) is 3.47. The summed E-state index contributed by atoms with van der Waals surface area (Å²) in [6.45, 7) is 1.79. The van der Waals surface area contributed by atoms with Crippen LogP contribution in [0.3, 0.4) is 0 Å². The summed E-state index contributed by atoms with van der Waals surface area (Å²) in [5.41, 5.74) is 1.95. The summed E-state index contributed by atoms with van der Waals surface area (Å²) in [5, 5.41) is 22.4. The summed E-state index contributed by atoms with van der Waals surface area (Å²) in [7, 11) is 0. The van der Waals surface area contributed by atoms with E-state index in [2.05, 4.69) is 5.32 Å². The minimum absolute atomic E-state index is 0.0672. The van der Waals surface area contributed by atoms with Crippen LogP contribution in [-0.2, 0) is 0 Å². The maximum absolute atomic E-state index is 11.0. The number of aryl methyl sites for hydroxylation is 1. The average molecular weight is 263 g/mol. The predicted molar refractivity (Wildman–Crippen MR) is 74.6 cm³/mol. The van der Waals surface area contributed by atoms with Gasteiger partial charge in [-0.15, -0.1) is 0 Å². The molecule has 0 aliphatic heterocycles. The maximum atomic E-state index is 11.0. The van der Waals surface area contributed by atoms with E-state index in [1.165, 1.54) is 6.42 Å². The summed E-state index contributed by atoms with van der Waals surface area (Å²) in [4.78, 5) is 11.0. The Morgan fingerprint density at radius 2 is 2.00 bits per heavy atom. The highest BCUT2D eigenvalue weighted by atomic mass is 16.4. The van der Waals surface area contributed by atoms with Gasteiger partial charge in [0, 0.05) is 5.69 Å². The third-order valence-electron chi connectivity index (χ3n) is 3.79. The number of aliphatic hydroxyl groups is 1. The van der Waals surface area contributed by atoms with Gasteiger partial charge in [0.1, 0.15) is 0 Å². The molecule has 0 bridgehead atoms. The molecule has 1 aliphatic carbocycles. The van der Waals surface area contributed by atoms with Crippen molar-refractivity contribution in [3.05, 3.63) is 29.3 Å². The second-order valence-corrected chi connectivity index (χ2v) is 5.29. The van der Waals surface area contributed by atoms with Gasteiger partial charge in [0.2, 0.25) is 0 Å². The molecule has 1 fully saturated rings. The van der Waals surface area contributed by atoms with Crippen molar-refractivity contribution in [1.29, 1.82) is 0 Å². The van der Waals surface area contributed by atoms with E-state index in [1.54, 1.807) is 19.1 Å². The monoisotopic (exact) mass is 263 g/mol. The first kappa shape index (κ1) is 13.9. The molecule has 3 N–H and O–H groups in total. The van der Waals surface area contributed by atoms with Crippen LogP contribution in [0.15, 0.2) is 18.2 Å². The Hall–Kier alpha value is -1.55. The SMILES string of the molecule is Cc1cc(NC2CCCCCC2O)ccc1C(=O)O. The number of nitrogens with one attached hydrogen (secondary N) is 1. The minimum Gasteiger partial charge on any atom is -0.478 e. The highest BCUT2D eigenvalue weighted by Gasteiger charge is 2.21. The summed E-state index contributed by atoms with van der Waals surface area (Å²) < 4.78 is 0. The Morgan fingerprint density at radius 3 is 2.68 bits per heavy atom. The number of carbonyl (C=O) groups is 1. The molecule has 0 spiro atoms. The molecule has 4 heteroatoms. The first-order valence-electron chi connectivity index (χ1n) is 6.86. The Balaban J connectivity index is 2.10. The standard InChI is InChI=1S/C15H21NO3/c1-10-9-11(7-8-12(10)15(18)19)16-13-5-3-2-4-6-14(13)17/h7-9,13-14,16-17H,2-6H2,1H3,(H,18,19). The van der Waals surface area contributed by atoms with E-state index in [1.807, 2.05) is 6.07 Å². The predicted octanol–water partition coefficient (Wildman–Crippen LogP) is 2.80. The summed E-state index contributed by atoms with van der Waals surface area (Å²) >= 11 is 0. The zero-order valence-electron chi connectivity index (χ0n) is 11.2. The minimum atomic E-state index is -0.904. The number of rotatable bonds is 3. The van der Waals surface area contributed by atoms with Crippen molar-refractivity contribution in [3.63, 3.8) is 0 Å². The molecule has 0 saturated heterocycles. The fraction of sp³-hybridized carbons (Fsp3) is 0.533. The Labute approximate surface area is 113 Å². The lowest BCUT2D eigenvalue weighted by Gasteiger charge is -2.23. The van der Waals surface area contributed by atoms with Crippen molar-refractivity contribution in [3.8, 4) is 0 Å². The van der Waals surface area contributed by atoms with Gasteiger partial charge in [-0.05, 0) is 43.5 Å². The number of aliphatic hydroxyl groups excluding tert-OH is 1. The van der Waals surface area contributed by atoms with E-state index in [4.69, 9.17) is 5.11 Å². The Morgan fingerprint density at radius 1 is 1.26 bits per heavy atom. The van der Waals surface area contributed by atoms with Crippen molar-refractivity contribution in [2.45, 2.75) is 51.2 Å². The van der Waals surface area contributed by atoms with E-state index < -0.39 is 5.97 Å². The highest BCUT2D eigenvalue weighted by molar-refractivity contribution is 5.89. The zero-order chi connectivity index (χ0) is 13.8. The Bertz CT molecular complexity index is 459. The lowest BCUT2D eigenvalue weighted by molar-refractivity contribution is 0.0696. The molecular formula is C15H21NO3. The summed E-state index contributed by atoms with van der Waals surface area (Å²) in [6, 6.07) is 5.29. The third-order valence-corrected chi connectivity index (χ3v) is 3.79. The molecule has 104 valence electrons. The van der Waals surface area contributed by atoms with Crippen LogP contribution in [0, 0.1) is 6.92 Å². The second kappa shape index (κ2) is 6.06. The molecule has 4 nitrogen and oxygen atoms in total. The molecule has 0 aromatic heterocycles. The fourth-order valence-corrected chi connectivity index (χ4v) is 2.66. The van der Waals surface area contributed by atoms with E-state index in [0.717, 1.165) is 36.9 Å². The van der Waals surface area contributed by atoms with Crippen LogP contribution in [0.5, 0.6) is 0 Å². The zero-order valence-corrected chi connectivity index (χ0v) is 11.2. The molecule has 19 heavy (non-hydrogen) atoms. The number of benzene rings is 1. The average Bonchev–Trinajstić information content (AvgIpc) is 2.55. The van der Waals surface area contributed by atoms with E-state index in [-0.39, 0.29) is 12.1 Å². The van der Waals surface area contributed by atoms with Gasteiger partial charge < -0.3 is 15.5 Å². The second-order valence-electron chi connectivity index (χ2n) is 5.29. The highest BCUT2D eigenvalue weighted by Crippen LogP contribution is 2.23. The van der Waals surface area contributed by atoms with Gasteiger partial charge in [-0.25, -0.2) is 4.79 Å². The molecule has 0 heterocycles. The topological polar surface area (TPSA) is 69.6 Å². The van der Waals surface area contributed by atoms with E-state index in [9.17, 15) is 9.90 Å². The molecule has 2 rings (SSSR count). The van der Waals surface area contributed by atoms with Gasteiger partial charge in [0.15, 0.2) is 0 Å². The van der Waals surface area contributed by atoms with Crippen LogP contribution in [0.25, 0.3) is 0 Å². The summed E-state index contributed by atoms with van der Waals surface area (Å²) in [6.07, 6.45) is 4.86.